The molecular formula is C25H25Cl2N3O3S. The van der Waals surface area contributed by atoms with Crippen LogP contribution >= 0.6 is 34.7 Å². The molecule has 1 unspecified atom stereocenters. The zero-order valence-corrected chi connectivity index (χ0v) is 21.0. The normalized spacial score (nSPS) is 15.0. The number of rotatable bonds is 6. The Bertz CT molecular complexity index is 1160. The van der Waals surface area contributed by atoms with Gasteiger partial charge in [0.05, 0.1) is 0 Å². The van der Waals surface area contributed by atoms with Crippen LogP contribution in [0.2, 0.25) is 9.36 Å². The van der Waals surface area contributed by atoms with E-state index in [0.29, 0.717) is 11.3 Å². The van der Waals surface area contributed by atoms with Gasteiger partial charge < -0.3 is 10.4 Å². The Morgan fingerprint density at radius 2 is 1.71 bits per heavy atom. The Balaban J connectivity index is 1.81. The summed E-state index contributed by atoms with van der Waals surface area (Å²) in [6.45, 7) is 1.94. The number of halogens is 2. The van der Waals surface area contributed by atoms with E-state index >= 15 is 0 Å². The lowest BCUT2D eigenvalue weighted by Crippen LogP contribution is -2.47. The van der Waals surface area contributed by atoms with Crippen molar-refractivity contribution in [2.24, 2.45) is 0 Å². The molecule has 1 aliphatic carbocycles. The van der Waals surface area contributed by atoms with Crippen LogP contribution in [0.4, 0.5) is 5.69 Å². The van der Waals surface area contributed by atoms with Crippen LogP contribution in [0.25, 0.3) is 0 Å². The number of nitrogens with zero attached hydrogens (tertiary/aromatic N) is 2. The van der Waals surface area contributed by atoms with Crippen LogP contribution in [-0.4, -0.2) is 27.3 Å². The number of nitrogens with one attached hydrogen (secondary N) is 1. The summed E-state index contributed by atoms with van der Waals surface area (Å²) < 4.78 is 4.37. The van der Waals surface area contributed by atoms with Crippen LogP contribution in [0.5, 0.6) is 5.75 Å². The average molecular weight is 518 g/mol. The first-order valence-corrected chi connectivity index (χ1v) is 12.7. The van der Waals surface area contributed by atoms with Gasteiger partial charge in [-0.15, -0.1) is 0 Å². The van der Waals surface area contributed by atoms with Crippen molar-refractivity contribution in [2.75, 3.05) is 4.90 Å². The molecule has 2 N–H and O–H groups in total. The molecule has 178 valence electrons. The fourth-order valence-electron chi connectivity index (χ4n) is 4.20. The third kappa shape index (κ3) is 5.37. The number of phenolic OH excluding ortho intramolecular Hbond substituents is 1. The lowest BCUT2D eigenvalue weighted by Gasteiger charge is -2.33. The van der Waals surface area contributed by atoms with Crippen LogP contribution in [0, 0.1) is 6.92 Å². The van der Waals surface area contributed by atoms with Crippen molar-refractivity contribution >= 4 is 52.2 Å². The number of phenols is 1. The smallest absolute Gasteiger partial charge is 0.280 e. The highest BCUT2D eigenvalue weighted by Crippen LogP contribution is 2.35. The molecule has 34 heavy (non-hydrogen) atoms. The van der Waals surface area contributed by atoms with E-state index < -0.39 is 11.9 Å². The lowest BCUT2D eigenvalue weighted by atomic mass is 9.94. The summed E-state index contributed by atoms with van der Waals surface area (Å²) in [4.78, 5) is 29.0. The standard InChI is InChI=1S/C25H25Cl2N3O3S/c1-15-7-11-18(12-8-15)30(25(33)21-20(26)23(27)34-29-21)22(16-9-13-19(31)14-10-16)24(32)28-17-5-3-2-4-6-17/h7-14,17,22,31H,2-6H2,1H3,(H,28,32). The number of aromatic hydroxyl groups is 1. The van der Waals surface area contributed by atoms with Crippen LogP contribution in [0.15, 0.2) is 48.5 Å². The summed E-state index contributed by atoms with van der Waals surface area (Å²) in [6.07, 6.45) is 5.08. The van der Waals surface area contributed by atoms with Gasteiger partial charge in [-0.3, -0.25) is 14.5 Å². The van der Waals surface area contributed by atoms with Gasteiger partial charge in [-0.25, -0.2) is 0 Å². The first-order chi connectivity index (χ1) is 16.3. The molecule has 1 saturated carbocycles. The number of hydrogen-bond acceptors (Lipinski definition) is 5. The lowest BCUT2D eigenvalue weighted by molar-refractivity contribution is -0.123. The third-order valence-electron chi connectivity index (χ3n) is 6.00. The van der Waals surface area contributed by atoms with E-state index in [1.807, 2.05) is 19.1 Å². The highest BCUT2D eigenvalue weighted by Gasteiger charge is 2.36. The maximum absolute atomic E-state index is 13.8. The van der Waals surface area contributed by atoms with E-state index in [1.54, 1.807) is 24.3 Å². The van der Waals surface area contributed by atoms with Crippen molar-refractivity contribution < 1.29 is 14.7 Å². The van der Waals surface area contributed by atoms with Crippen molar-refractivity contribution in [1.29, 1.82) is 0 Å². The SMILES string of the molecule is Cc1ccc(N(C(=O)c2nsc(Cl)c2Cl)C(C(=O)NC2CCCCC2)c2ccc(O)cc2)cc1. The average Bonchev–Trinajstić information content (AvgIpc) is 3.17. The van der Waals surface area contributed by atoms with Gasteiger partial charge in [-0.1, -0.05) is 72.3 Å². The Hall–Kier alpha value is -2.61. The molecule has 0 radical (unpaired) electrons. The van der Waals surface area contributed by atoms with Crippen LogP contribution < -0.4 is 10.2 Å². The van der Waals surface area contributed by atoms with E-state index in [0.717, 1.165) is 49.2 Å². The second-order valence-electron chi connectivity index (χ2n) is 8.47. The van der Waals surface area contributed by atoms with Crippen LogP contribution in [-0.2, 0) is 4.79 Å². The molecule has 1 aromatic heterocycles. The molecule has 0 saturated heterocycles. The van der Waals surface area contributed by atoms with E-state index in [2.05, 4.69) is 9.69 Å². The molecule has 1 aliphatic rings. The summed E-state index contributed by atoms with van der Waals surface area (Å²) in [7, 11) is 0. The van der Waals surface area contributed by atoms with Crippen molar-refractivity contribution in [2.45, 2.75) is 51.1 Å². The highest BCUT2D eigenvalue weighted by molar-refractivity contribution is 7.11. The molecule has 3 aromatic rings. The van der Waals surface area contributed by atoms with Gasteiger partial charge in [0, 0.05) is 11.7 Å². The van der Waals surface area contributed by atoms with Crippen molar-refractivity contribution in [3.63, 3.8) is 0 Å². The van der Waals surface area contributed by atoms with Crippen molar-refractivity contribution in [1.82, 2.24) is 9.69 Å². The zero-order chi connectivity index (χ0) is 24.2. The molecule has 1 heterocycles. The number of carbonyl (C=O) groups excluding carboxylic acids is 2. The van der Waals surface area contributed by atoms with E-state index in [4.69, 9.17) is 23.2 Å². The third-order valence-corrected chi connectivity index (χ3v) is 7.61. The van der Waals surface area contributed by atoms with Gasteiger partial charge in [0.15, 0.2) is 5.69 Å². The minimum atomic E-state index is -1.01. The van der Waals surface area contributed by atoms with Gasteiger partial charge >= 0.3 is 0 Å². The molecule has 1 atom stereocenters. The van der Waals surface area contributed by atoms with E-state index in [9.17, 15) is 14.7 Å². The summed E-state index contributed by atoms with van der Waals surface area (Å²) in [5.41, 5.74) is 2.08. The number of carbonyl (C=O) groups is 2. The van der Waals surface area contributed by atoms with Gasteiger partial charge in [0.2, 0.25) is 5.91 Å². The first kappa shape index (κ1) is 24.5. The molecule has 9 heteroatoms. The topological polar surface area (TPSA) is 82.5 Å². The second-order valence-corrected chi connectivity index (χ2v) is 10.2. The number of anilines is 1. The van der Waals surface area contributed by atoms with Crippen LogP contribution in [0.1, 0.15) is 59.8 Å². The largest absolute Gasteiger partial charge is 0.508 e. The number of aromatic nitrogens is 1. The molecule has 2 amide bonds. The molecular weight excluding hydrogens is 493 g/mol. The van der Waals surface area contributed by atoms with Gasteiger partial charge in [0.25, 0.3) is 5.91 Å². The number of benzene rings is 2. The predicted octanol–water partition coefficient (Wildman–Crippen LogP) is 6.30. The minimum Gasteiger partial charge on any atom is -0.508 e. The van der Waals surface area contributed by atoms with E-state index in [-0.39, 0.29) is 32.8 Å². The Kier molecular flexibility index (Phi) is 7.76. The molecule has 0 bridgehead atoms. The maximum Gasteiger partial charge on any atom is 0.280 e. The molecule has 6 nitrogen and oxygen atoms in total. The zero-order valence-electron chi connectivity index (χ0n) is 18.6. The Morgan fingerprint density at radius 1 is 1.06 bits per heavy atom. The molecule has 2 aromatic carbocycles. The Labute approximate surface area is 212 Å². The number of aryl methyl sites for hydroxylation is 1. The summed E-state index contributed by atoms with van der Waals surface area (Å²) in [5, 5.41) is 13.0. The number of hydrogen-bond donors (Lipinski definition) is 2. The highest BCUT2D eigenvalue weighted by atomic mass is 35.5. The fourth-order valence-corrected chi connectivity index (χ4v) is 5.18. The van der Waals surface area contributed by atoms with Crippen molar-refractivity contribution in [3.05, 3.63) is 74.7 Å². The van der Waals surface area contributed by atoms with Gasteiger partial charge in [-0.2, -0.15) is 4.37 Å². The van der Waals surface area contributed by atoms with Gasteiger partial charge in [-0.05, 0) is 61.1 Å². The quantitative estimate of drug-likeness (QED) is 0.401. The molecule has 4 rings (SSSR count). The number of amides is 2. The Morgan fingerprint density at radius 3 is 2.29 bits per heavy atom. The predicted molar refractivity (Wildman–Crippen MR) is 136 cm³/mol. The van der Waals surface area contributed by atoms with Gasteiger partial charge in [0.1, 0.15) is 21.2 Å². The van der Waals surface area contributed by atoms with E-state index in [1.165, 1.54) is 17.0 Å². The monoisotopic (exact) mass is 517 g/mol. The summed E-state index contributed by atoms with van der Waals surface area (Å²) in [6, 6.07) is 12.7. The molecule has 1 fully saturated rings. The molecule has 0 spiro atoms. The summed E-state index contributed by atoms with van der Waals surface area (Å²) >= 11 is 13.3. The second kappa shape index (κ2) is 10.8. The molecule has 0 aliphatic heterocycles. The van der Waals surface area contributed by atoms with Crippen LogP contribution in [0.3, 0.4) is 0 Å². The summed E-state index contributed by atoms with van der Waals surface area (Å²) in [5.74, 6) is -0.768. The minimum absolute atomic E-state index is 0.00788. The first-order valence-electron chi connectivity index (χ1n) is 11.2. The van der Waals surface area contributed by atoms with Crippen molar-refractivity contribution in [3.8, 4) is 5.75 Å². The maximum atomic E-state index is 13.8. The fraction of sp³-hybridized carbons (Fsp3) is 0.320.